The molecule has 0 saturated heterocycles. The molecule has 2 heterocycles. The van der Waals surface area contributed by atoms with Gasteiger partial charge in [0, 0.05) is 13.0 Å². The number of nitrogens with zero attached hydrogens (tertiary/aromatic N) is 1. The summed E-state index contributed by atoms with van der Waals surface area (Å²) in [7, 11) is 0. The molecule has 0 radical (unpaired) electrons. The predicted octanol–water partition coefficient (Wildman–Crippen LogP) is 1.77. The van der Waals surface area contributed by atoms with Gasteiger partial charge in [-0.1, -0.05) is 11.6 Å². The van der Waals surface area contributed by atoms with Crippen molar-refractivity contribution < 1.29 is 14.6 Å². The zero-order valence-electron chi connectivity index (χ0n) is 9.91. The van der Waals surface area contributed by atoms with Gasteiger partial charge in [-0.05, 0) is 30.9 Å². The Morgan fingerprint density at radius 2 is 2.28 bits per heavy atom. The number of carbonyl (C=O) groups is 1. The number of pyridine rings is 1. The van der Waals surface area contributed by atoms with E-state index >= 15 is 0 Å². The highest BCUT2D eigenvalue weighted by Gasteiger charge is 2.18. The number of nitrogens with one attached hydrogen (secondary N) is 1. The topological polar surface area (TPSA) is 71.5 Å². The van der Waals surface area contributed by atoms with Gasteiger partial charge in [-0.25, -0.2) is 0 Å². The quantitative estimate of drug-likeness (QED) is 0.800. The van der Waals surface area contributed by atoms with Crippen LogP contribution in [0.2, 0.25) is 5.02 Å². The van der Waals surface area contributed by atoms with Gasteiger partial charge >= 0.3 is 0 Å². The molecule has 1 aromatic rings. The van der Waals surface area contributed by atoms with Crippen molar-refractivity contribution in [1.82, 2.24) is 4.98 Å². The standard InChI is InChI=1S/C12H15ClN2O3/c13-9-7-8-3-4-10(17)14-11(8)15-12(9)18-6-2-1-5-16/h7,16H,1-6H2,(H,14,15,17). The molecule has 0 saturated carbocycles. The minimum Gasteiger partial charge on any atom is -0.477 e. The van der Waals surface area contributed by atoms with Crippen molar-refractivity contribution in [3.63, 3.8) is 0 Å². The zero-order valence-corrected chi connectivity index (χ0v) is 10.7. The smallest absolute Gasteiger partial charge is 0.234 e. The van der Waals surface area contributed by atoms with Crippen LogP contribution < -0.4 is 10.1 Å². The number of aliphatic hydroxyl groups excluding tert-OH is 1. The monoisotopic (exact) mass is 270 g/mol. The maximum Gasteiger partial charge on any atom is 0.234 e. The maximum atomic E-state index is 11.3. The normalized spacial score (nSPS) is 14.0. The number of halogens is 1. The largest absolute Gasteiger partial charge is 0.477 e. The van der Waals surface area contributed by atoms with Crippen molar-refractivity contribution in [2.75, 3.05) is 18.5 Å². The summed E-state index contributed by atoms with van der Waals surface area (Å²) in [6.07, 6.45) is 2.53. The lowest BCUT2D eigenvalue weighted by Crippen LogP contribution is -2.20. The third-order valence-corrected chi connectivity index (χ3v) is 2.96. The summed E-state index contributed by atoms with van der Waals surface area (Å²) in [5.74, 6) is 0.826. The minimum atomic E-state index is -0.0384. The molecule has 2 rings (SSSR count). The van der Waals surface area contributed by atoms with Gasteiger partial charge in [-0.3, -0.25) is 4.79 Å². The van der Waals surface area contributed by atoms with Gasteiger partial charge in [0.25, 0.3) is 0 Å². The van der Waals surface area contributed by atoms with Crippen LogP contribution in [0.4, 0.5) is 5.82 Å². The molecule has 0 aromatic carbocycles. The summed E-state index contributed by atoms with van der Waals surface area (Å²) < 4.78 is 5.43. The van der Waals surface area contributed by atoms with Gasteiger partial charge < -0.3 is 15.2 Å². The van der Waals surface area contributed by atoms with Crippen molar-refractivity contribution in [1.29, 1.82) is 0 Å². The first-order chi connectivity index (χ1) is 8.70. The molecule has 2 N–H and O–H groups in total. The summed E-state index contributed by atoms with van der Waals surface area (Å²) >= 11 is 6.06. The summed E-state index contributed by atoms with van der Waals surface area (Å²) in [4.78, 5) is 15.5. The molecule has 1 amide bonds. The molecule has 1 aromatic heterocycles. The molecule has 0 aliphatic carbocycles. The molecule has 98 valence electrons. The number of carbonyl (C=O) groups excluding carboxylic acids is 1. The van der Waals surface area contributed by atoms with Crippen molar-refractivity contribution in [2.24, 2.45) is 0 Å². The van der Waals surface area contributed by atoms with Crippen molar-refractivity contribution in [3.05, 3.63) is 16.7 Å². The third-order valence-electron chi connectivity index (χ3n) is 2.69. The fourth-order valence-electron chi connectivity index (χ4n) is 1.74. The number of hydrogen-bond acceptors (Lipinski definition) is 4. The Balaban J connectivity index is 2.06. The first-order valence-corrected chi connectivity index (χ1v) is 6.31. The lowest BCUT2D eigenvalue weighted by molar-refractivity contribution is -0.116. The van der Waals surface area contributed by atoms with Crippen LogP contribution in [0.3, 0.4) is 0 Å². The Morgan fingerprint density at radius 3 is 3.06 bits per heavy atom. The van der Waals surface area contributed by atoms with E-state index in [0.29, 0.717) is 42.6 Å². The molecule has 0 unspecified atom stereocenters. The van der Waals surface area contributed by atoms with Crippen LogP contribution in [-0.4, -0.2) is 29.2 Å². The van der Waals surface area contributed by atoms with Crippen LogP contribution in [0.5, 0.6) is 5.88 Å². The summed E-state index contributed by atoms with van der Waals surface area (Å²) in [6.45, 7) is 0.588. The SMILES string of the molecule is O=C1CCc2cc(Cl)c(OCCCCO)nc2N1. The number of aromatic nitrogens is 1. The Bertz CT molecular complexity index is 451. The molecule has 0 fully saturated rings. The van der Waals surface area contributed by atoms with E-state index in [9.17, 15) is 4.79 Å². The lowest BCUT2D eigenvalue weighted by Gasteiger charge is -2.17. The van der Waals surface area contributed by atoms with E-state index in [4.69, 9.17) is 21.4 Å². The first-order valence-electron chi connectivity index (χ1n) is 5.93. The number of aliphatic hydroxyl groups is 1. The van der Waals surface area contributed by atoms with Gasteiger partial charge in [0.15, 0.2) is 0 Å². The molecular weight excluding hydrogens is 256 g/mol. The number of hydrogen-bond donors (Lipinski definition) is 2. The highest BCUT2D eigenvalue weighted by Crippen LogP contribution is 2.30. The van der Waals surface area contributed by atoms with Crippen LogP contribution in [-0.2, 0) is 11.2 Å². The van der Waals surface area contributed by atoms with Gasteiger partial charge in [0.05, 0.1) is 6.61 Å². The van der Waals surface area contributed by atoms with E-state index in [0.717, 1.165) is 12.0 Å². The number of fused-ring (bicyclic) bond motifs is 1. The highest BCUT2D eigenvalue weighted by molar-refractivity contribution is 6.32. The van der Waals surface area contributed by atoms with Crippen LogP contribution in [0.15, 0.2) is 6.07 Å². The second-order valence-electron chi connectivity index (χ2n) is 4.11. The molecular formula is C12H15ClN2O3. The lowest BCUT2D eigenvalue weighted by atomic mass is 10.1. The summed E-state index contributed by atoms with van der Waals surface area (Å²) in [5.41, 5.74) is 0.933. The number of anilines is 1. The molecule has 0 spiro atoms. The van der Waals surface area contributed by atoms with E-state index in [1.807, 2.05) is 0 Å². The molecule has 1 aliphatic heterocycles. The minimum absolute atomic E-state index is 0.0384. The van der Waals surface area contributed by atoms with Crippen molar-refractivity contribution >= 4 is 23.3 Å². The highest BCUT2D eigenvalue weighted by atomic mass is 35.5. The number of rotatable bonds is 5. The number of aryl methyl sites for hydroxylation is 1. The number of ether oxygens (including phenoxy) is 1. The number of unbranched alkanes of at least 4 members (excludes halogenated alkanes) is 1. The third kappa shape index (κ3) is 3.11. The predicted molar refractivity (Wildman–Crippen MR) is 68.0 cm³/mol. The number of amides is 1. The maximum absolute atomic E-state index is 11.3. The summed E-state index contributed by atoms with van der Waals surface area (Å²) in [6, 6.07) is 1.78. The van der Waals surface area contributed by atoms with Crippen LogP contribution in [0, 0.1) is 0 Å². The van der Waals surface area contributed by atoms with Crippen molar-refractivity contribution in [2.45, 2.75) is 25.7 Å². The van der Waals surface area contributed by atoms with Gasteiger partial charge in [0.1, 0.15) is 10.8 Å². The molecule has 18 heavy (non-hydrogen) atoms. The molecule has 0 atom stereocenters. The van der Waals surface area contributed by atoms with Gasteiger partial charge in [-0.2, -0.15) is 4.98 Å². The van der Waals surface area contributed by atoms with E-state index < -0.39 is 0 Å². The van der Waals surface area contributed by atoms with Crippen LogP contribution in [0.1, 0.15) is 24.8 Å². The van der Waals surface area contributed by atoms with Gasteiger partial charge in [0.2, 0.25) is 11.8 Å². The first kappa shape index (κ1) is 13.1. The van der Waals surface area contributed by atoms with E-state index in [2.05, 4.69) is 10.3 Å². The molecule has 0 bridgehead atoms. The second kappa shape index (κ2) is 6.02. The summed E-state index contributed by atoms with van der Waals surface area (Å²) in [5, 5.41) is 11.8. The fourth-order valence-corrected chi connectivity index (χ4v) is 1.96. The van der Waals surface area contributed by atoms with Crippen LogP contribution >= 0.6 is 11.6 Å². The van der Waals surface area contributed by atoms with Gasteiger partial charge in [-0.15, -0.1) is 0 Å². The Labute approximate surface area is 110 Å². The second-order valence-corrected chi connectivity index (χ2v) is 4.52. The Hall–Kier alpha value is -1.33. The molecule has 6 heteroatoms. The van der Waals surface area contributed by atoms with Crippen LogP contribution in [0.25, 0.3) is 0 Å². The molecule has 1 aliphatic rings. The van der Waals surface area contributed by atoms with E-state index in [-0.39, 0.29) is 12.5 Å². The van der Waals surface area contributed by atoms with Crippen molar-refractivity contribution in [3.8, 4) is 5.88 Å². The average molecular weight is 271 g/mol. The van der Waals surface area contributed by atoms with E-state index in [1.54, 1.807) is 6.07 Å². The fraction of sp³-hybridized carbons (Fsp3) is 0.500. The average Bonchev–Trinajstić information content (AvgIpc) is 2.35. The zero-order chi connectivity index (χ0) is 13.0. The van der Waals surface area contributed by atoms with E-state index in [1.165, 1.54) is 0 Å². The Kier molecular flexibility index (Phi) is 4.38. The Morgan fingerprint density at radius 1 is 1.44 bits per heavy atom. The molecule has 5 nitrogen and oxygen atoms in total.